The standard InChI is InChI=1S/C21H27N3O4/c1-5-11-24(12-6-2)21(26)15-9-10-22-17(13-15)20(25)23-16-7-8-18(27-3)19(14-16)28-4/h7-10,13-14H,5-6,11-12H2,1-4H3,(H,23,25). The molecule has 0 spiro atoms. The number of anilines is 1. The maximum Gasteiger partial charge on any atom is 0.274 e. The molecular formula is C21H27N3O4. The number of ether oxygens (including phenoxy) is 2. The Kier molecular flexibility index (Phi) is 7.80. The van der Waals surface area contributed by atoms with Crippen molar-refractivity contribution >= 4 is 17.5 Å². The van der Waals surface area contributed by atoms with Gasteiger partial charge in [0.05, 0.1) is 14.2 Å². The van der Waals surface area contributed by atoms with Gasteiger partial charge in [0.15, 0.2) is 11.5 Å². The summed E-state index contributed by atoms with van der Waals surface area (Å²) in [7, 11) is 3.07. The van der Waals surface area contributed by atoms with Crippen LogP contribution < -0.4 is 14.8 Å². The molecule has 28 heavy (non-hydrogen) atoms. The highest BCUT2D eigenvalue weighted by molar-refractivity contribution is 6.04. The van der Waals surface area contributed by atoms with Crippen molar-refractivity contribution < 1.29 is 19.1 Å². The summed E-state index contributed by atoms with van der Waals surface area (Å²) in [5.74, 6) is 0.579. The lowest BCUT2D eigenvalue weighted by Gasteiger charge is -2.21. The van der Waals surface area contributed by atoms with Crippen LogP contribution in [0.15, 0.2) is 36.5 Å². The highest BCUT2D eigenvalue weighted by atomic mass is 16.5. The highest BCUT2D eigenvalue weighted by Crippen LogP contribution is 2.29. The number of methoxy groups -OCH3 is 2. The molecule has 0 bridgehead atoms. The van der Waals surface area contributed by atoms with Crippen LogP contribution in [0, 0.1) is 0 Å². The van der Waals surface area contributed by atoms with Gasteiger partial charge in [0.25, 0.3) is 11.8 Å². The summed E-state index contributed by atoms with van der Waals surface area (Å²) < 4.78 is 10.4. The molecule has 1 heterocycles. The molecule has 0 saturated carbocycles. The van der Waals surface area contributed by atoms with E-state index in [9.17, 15) is 9.59 Å². The molecule has 0 atom stereocenters. The number of nitrogens with one attached hydrogen (secondary N) is 1. The van der Waals surface area contributed by atoms with Crippen LogP contribution in [0.25, 0.3) is 0 Å². The molecule has 1 N–H and O–H groups in total. The van der Waals surface area contributed by atoms with E-state index in [1.54, 1.807) is 36.3 Å². The molecule has 2 rings (SSSR count). The van der Waals surface area contributed by atoms with Gasteiger partial charge >= 0.3 is 0 Å². The zero-order valence-electron chi connectivity index (χ0n) is 16.8. The molecule has 0 aliphatic heterocycles. The number of carbonyl (C=O) groups excluding carboxylic acids is 2. The minimum atomic E-state index is -0.403. The van der Waals surface area contributed by atoms with Crippen LogP contribution >= 0.6 is 0 Å². The molecule has 1 aromatic heterocycles. The Morgan fingerprint density at radius 1 is 1.00 bits per heavy atom. The molecule has 0 aliphatic carbocycles. The lowest BCUT2D eigenvalue weighted by molar-refractivity contribution is 0.0755. The number of hydrogen-bond donors (Lipinski definition) is 1. The maximum absolute atomic E-state index is 12.7. The molecule has 1 aromatic carbocycles. The van der Waals surface area contributed by atoms with Gasteiger partial charge in [-0.3, -0.25) is 14.6 Å². The Bertz CT molecular complexity index is 817. The largest absolute Gasteiger partial charge is 0.493 e. The van der Waals surface area contributed by atoms with Crippen molar-refractivity contribution in [2.24, 2.45) is 0 Å². The van der Waals surface area contributed by atoms with Crippen molar-refractivity contribution in [3.63, 3.8) is 0 Å². The highest BCUT2D eigenvalue weighted by Gasteiger charge is 2.17. The quantitative estimate of drug-likeness (QED) is 0.713. The first-order valence-corrected chi connectivity index (χ1v) is 9.32. The van der Waals surface area contributed by atoms with Crippen LogP contribution in [0.5, 0.6) is 11.5 Å². The van der Waals surface area contributed by atoms with Gasteiger partial charge in [0.2, 0.25) is 0 Å². The number of aromatic nitrogens is 1. The van der Waals surface area contributed by atoms with Crippen molar-refractivity contribution in [1.29, 1.82) is 0 Å². The third kappa shape index (κ3) is 5.22. The molecule has 150 valence electrons. The van der Waals surface area contributed by atoms with Crippen LogP contribution in [-0.4, -0.2) is 49.0 Å². The molecule has 0 radical (unpaired) electrons. The molecule has 7 nitrogen and oxygen atoms in total. The minimum Gasteiger partial charge on any atom is -0.493 e. The van der Waals surface area contributed by atoms with Gasteiger partial charge in [-0.25, -0.2) is 0 Å². The first-order valence-electron chi connectivity index (χ1n) is 9.32. The van der Waals surface area contributed by atoms with Crippen LogP contribution in [0.4, 0.5) is 5.69 Å². The normalized spacial score (nSPS) is 10.3. The monoisotopic (exact) mass is 385 g/mol. The topological polar surface area (TPSA) is 80.8 Å². The number of pyridine rings is 1. The average molecular weight is 385 g/mol. The molecule has 0 saturated heterocycles. The van der Waals surface area contributed by atoms with Crippen LogP contribution in [0.3, 0.4) is 0 Å². The smallest absolute Gasteiger partial charge is 0.274 e. The molecule has 2 amide bonds. The van der Waals surface area contributed by atoms with E-state index in [0.29, 0.717) is 35.8 Å². The molecule has 2 aromatic rings. The summed E-state index contributed by atoms with van der Waals surface area (Å²) >= 11 is 0. The predicted molar refractivity (Wildman–Crippen MR) is 108 cm³/mol. The van der Waals surface area contributed by atoms with E-state index < -0.39 is 5.91 Å². The van der Waals surface area contributed by atoms with E-state index in [-0.39, 0.29) is 11.6 Å². The third-order valence-electron chi connectivity index (χ3n) is 4.16. The number of amides is 2. The summed E-state index contributed by atoms with van der Waals surface area (Å²) in [5, 5.41) is 2.77. The second-order valence-electron chi connectivity index (χ2n) is 6.25. The number of rotatable bonds is 9. The summed E-state index contributed by atoms with van der Waals surface area (Å²) in [6, 6.07) is 8.23. The number of nitrogens with zero attached hydrogens (tertiary/aromatic N) is 2. The Hall–Kier alpha value is -3.09. The Morgan fingerprint density at radius 2 is 1.68 bits per heavy atom. The molecular weight excluding hydrogens is 358 g/mol. The van der Waals surface area contributed by atoms with E-state index in [4.69, 9.17) is 9.47 Å². The lowest BCUT2D eigenvalue weighted by Crippen LogP contribution is -2.32. The van der Waals surface area contributed by atoms with E-state index >= 15 is 0 Å². The number of benzene rings is 1. The van der Waals surface area contributed by atoms with Gasteiger partial charge in [-0.2, -0.15) is 0 Å². The molecule has 0 unspecified atom stereocenters. The fourth-order valence-electron chi connectivity index (χ4n) is 2.83. The number of hydrogen-bond acceptors (Lipinski definition) is 5. The molecule has 7 heteroatoms. The van der Waals surface area contributed by atoms with Crippen LogP contribution in [0.2, 0.25) is 0 Å². The Balaban J connectivity index is 2.18. The van der Waals surface area contributed by atoms with Crippen molar-refractivity contribution in [2.75, 3.05) is 32.6 Å². The van der Waals surface area contributed by atoms with E-state index in [2.05, 4.69) is 10.3 Å². The summed E-state index contributed by atoms with van der Waals surface area (Å²) in [5.41, 5.74) is 1.17. The average Bonchev–Trinajstić information content (AvgIpc) is 2.73. The fraction of sp³-hybridized carbons (Fsp3) is 0.381. The van der Waals surface area contributed by atoms with Crippen molar-refractivity contribution in [3.05, 3.63) is 47.8 Å². The van der Waals surface area contributed by atoms with Gasteiger partial charge in [-0.15, -0.1) is 0 Å². The zero-order chi connectivity index (χ0) is 20.5. The van der Waals surface area contributed by atoms with E-state index in [0.717, 1.165) is 12.8 Å². The first kappa shape index (κ1) is 21.2. The van der Waals surface area contributed by atoms with Gasteiger partial charge in [0, 0.05) is 36.6 Å². The summed E-state index contributed by atoms with van der Waals surface area (Å²) in [4.78, 5) is 31.2. The SMILES string of the molecule is CCCN(CCC)C(=O)c1ccnc(C(=O)Nc2ccc(OC)c(OC)c2)c1. The van der Waals surface area contributed by atoms with Crippen molar-refractivity contribution in [3.8, 4) is 11.5 Å². The number of carbonyl (C=O) groups is 2. The Labute approximate surface area is 165 Å². The van der Waals surface area contributed by atoms with Gasteiger partial charge in [0.1, 0.15) is 5.69 Å². The second kappa shape index (κ2) is 10.3. The Morgan fingerprint density at radius 3 is 2.29 bits per heavy atom. The minimum absolute atomic E-state index is 0.0914. The predicted octanol–water partition coefficient (Wildman–Crippen LogP) is 3.61. The second-order valence-corrected chi connectivity index (χ2v) is 6.25. The van der Waals surface area contributed by atoms with E-state index in [1.807, 2.05) is 13.8 Å². The van der Waals surface area contributed by atoms with Crippen LogP contribution in [-0.2, 0) is 0 Å². The maximum atomic E-state index is 12.7. The van der Waals surface area contributed by atoms with Gasteiger partial charge < -0.3 is 19.7 Å². The lowest BCUT2D eigenvalue weighted by atomic mass is 10.1. The van der Waals surface area contributed by atoms with Gasteiger partial charge in [-0.05, 0) is 37.1 Å². The summed E-state index contributed by atoms with van der Waals surface area (Å²) in [6.07, 6.45) is 3.24. The first-order chi connectivity index (χ1) is 13.5. The third-order valence-corrected chi connectivity index (χ3v) is 4.16. The van der Waals surface area contributed by atoms with E-state index in [1.165, 1.54) is 19.4 Å². The fourth-order valence-corrected chi connectivity index (χ4v) is 2.83. The van der Waals surface area contributed by atoms with Crippen molar-refractivity contribution in [1.82, 2.24) is 9.88 Å². The summed E-state index contributed by atoms with van der Waals surface area (Å²) in [6.45, 7) is 5.43. The van der Waals surface area contributed by atoms with Crippen LogP contribution in [0.1, 0.15) is 47.5 Å². The molecule has 0 fully saturated rings. The zero-order valence-corrected chi connectivity index (χ0v) is 16.8. The molecule has 0 aliphatic rings. The van der Waals surface area contributed by atoms with Gasteiger partial charge in [-0.1, -0.05) is 13.8 Å². The van der Waals surface area contributed by atoms with Crippen molar-refractivity contribution in [2.45, 2.75) is 26.7 Å².